The van der Waals surface area contributed by atoms with Crippen LogP contribution in [0.2, 0.25) is 0 Å². The van der Waals surface area contributed by atoms with Gasteiger partial charge in [-0.1, -0.05) is 23.2 Å². The summed E-state index contributed by atoms with van der Waals surface area (Å²) >= 11 is 1.20. The summed E-state index contributed by atoms with van der Waals surface area (Å²) in [6.45, 7) is 3.31. The first-order chi connectivity index (χ1) is 17.9. The number of ether oxygens (including phenoxy) is 1. The maximum Gasteiger partial charge on any atom is 0.321 e. The van der Waals surface area contributed by atoms with Crippen LogP contribution in [0.4, 0.5) is 25.5 Å². The molecule has 14 heteroatoms. The van der Waals surface area contributed by atoms with Gasteiger partial charge in [0.15, 0.2) is 17.5 Å². The minimum Gasteiger partial charge on any atom is -0.450 e. The molecule has 0 unspecified atom stereocenters. The fourth-order valence-corrected chi connectivity index (χ4v) is 3.93. The molecule has 3 aromatic rings. The quantitative estimate of drug-likeness (QED) is 0.201. The zero-order chi connectivity index (χ0) is 26.2. The largest absolute Gasteiger partial charge is 0.450 e. The van der Waals surface area contributed by atoms with Crippen LogP contribution >= 0.6 is 11.3 Å². The number of hydrogen-bond donors (Lipinski definition) is 1. The summed E-state index contributed by atoms with van der Waals surface area (Å²) in [5, 5.41) is 12.6. The normalized spacial score (nSPS) is 13.4. The smallest absolute Gasteiger partial charge is 0.321 e. The molecule has 3 aromatic heterocycles. The highest BCUT2D eigenvalue weighted by Gasteiger charge is 2.18. The van der Waals surface area contributed by atoms with Crippen LogP contribution < -0.4 is 15.0 Å². The zero-order valence-electron chi connectivity index (χ0n) is 19.7. The van der Waals surface area contributed by atoms with E-state index in [1.54, 1.807) is 6.07 Å². The molecule has 0 spiro atoms. The number of anilines is 3. The maximum absolute atomic E-state index is 13.6. The van der Waals surface area contributed by atoms with Gasteiger partial charge in [-0.3, -0.25) is 4.79 Å². The van der Waals surface area contributed by atoms with Crippen molar-refractivity contribution in [3.63, 3.8) is 0 Å². The lowest BCUT2D eigenvalue weighted by molar-refractivity contribution is 0.0978. The van der Waals surface area contributed by atoms with Gasteiger partial charge in [-0.05, 0) is 7.05 Å². The van der Waals surface area contributed by atoms with Gasteiger partial charge < -0.3 is 19.9 Å². The van der Waals surface area contributed by atoms with Crippen LogP contribution in [0.15, 0.2) is 18.5 Å². The second-order valence-electron chi connectivity index (χ2n) is 7.86. The van der Waals surface area contributed by atoms with Crippen molar-refractivity contribution < 1.29 is 18.3 Å². The first-order valence-corrected chi connectivity index (χ1v) is 12.0. The van der Waals surface area contributed by atoms with Gasteiger partial charge in [-0.15, -0.1) is 0 Å². The third-order valence-electron chi connectivity index (χ3n) is 5.26. The second kappa shape index (κ2) is 12.1. The molecule has 0 bridgehead atoms. The van der Waals surface area contributed by atoms with Gasteiger partial charge in [0, 0.05) is 51.3 Å². The number of rotatable bonds is 8. The molecule has 0 radical (unpaired) electrons. The fraction of sp³-hybridized carbons (Fsp3) is 0.348. The van der Waals surface area contributed by atoms with Crippen molar-refractivity contribution >= 4 is 33.9 Å². The SMILES string of the molecule is CN1CCN(c2cc(Nc3ncc(C#N)s3)nc(OCC#CCCC(=O)c3cnc(F)nc3F)n2)CC1. The number of nitriles is 1. The molecule has 0 amide bonds. The molecule has 4 rings (SSSR count). The molecule has 11 nitrogen and oxygen atoms in total. The number of Topliss-reactive ketones (excluding diaryl/α,β-unsaturated/α-hetero) is 1. The van der Waals surface area contributed by atoms with Crippen molar-refractivity contribution in [3.8, 4) is 23.9 Å². The lowest BCUT2D eigenvalue weighted by atomic mass is 10.1. The van der Waals surface area contributed by atoms with Crippen molar-refractivity contribution in [2.75, 3.05) is 50.1 Å². The van der Waals surface area contributed by atoms with Gasteiger partial charge in [0.2, 0.25) is 5.95 Å². The van der Waals surface area contributed by atoms with E-state index in [9.17, 15) is 13.6 Å². The van der Waals surface area contributed by atoms with E-state index in [-0.39, 0.29) is 31.0 Å². The molecule has 4 heterocycles. The van der Waals surface area contributed by atoms with Crippen molar-refractivity contribution in [2.24, 2.45) is 0 Å². The number of hydrogen-bond acceptors (Lipinski definition) is 12. The van der Waals surface area contributed by atoms with Crippen molar-refractivity contribution in [1.29, 1.82) is 5.26 Å². The number of aromatic nitrogens is 5. The molecule has 1 aliphatic heterocycles. The monoisotopic (exact) mass is 525 g/mol. The van der Waals surface area contributed by atoms with Crippen LogP contribution in [0.5, 0.6) is 6.01 Å². The first kappa shape index (κ1) is 25.8. The molecule has 1 saturated heterocycles. The van der Waals surface area contributed by atoms with Crippen LogP contribution in [0, 0.1) is 35.2 Å². The van der Waals surface area contributed by atoms with E-state index >= 15 is 0 Å². The van der Waals surface area contributed by atoms with Gasteiger partial charge in [-0.25, -0.2) is 9.97 Å². The Morgan fingerprint density at radius 1 is 1.16 bits per heavy atom. The van der Waals surface area contributed by atoms with E-state index < -0.39 is 17.8 Å². The van der Waals surface area contributed by atoms with E-state index in [0.717, 1.165) is 32.4 Å². The maximum atomic E-state index is 13.6. The highest BCUT2D eigenvalue weighted by molar-refractivity contribution is 7.16. The van der Waals surface area contributed by atoms with Crippen molar-refractivity contribution in [2.45, 2.75) is 12.8 Å². The van der Waals surface area contributed by atoms with E-state index in [1.165, 1.54) is 17.5 Å². The van der Waals surface area contributed by atoms with Gasteiger partial charge in [0.05, 0.1) is 11.8 Å². The highest BCUT2D eigenvalue weighted by Crippen LogP contribution is 2.25. The van der Waals surface area contributed by atoms with Gasteiger partial charge in [0.1, 0.15) is 22.6 Å². The van der Waals surface area contributed by atoms with E-state index in [2.05, 4.69) is 58.9 Å². The Labute approximate surface area is 215 Å². The molecule has 0 aromatic carbocycles. The Morgan fingerprint density at radius 2 is 1.97 bits per heavy atom. The lowest BCUT2D eigenvalue weighted by Crippen LogP contribution is -2.44. The second-order valence-corrected chi connectivity index (χ2v) is 8.89. The molecule has 0 saturated carbocycles. The number of halogens is 2. The zero-order valence-corrected chi connectivity index (χ0v) is 20.6. The van der Waals surface area contributed by atoms with Crippen molar-refractivity contribution in [3.05, 3.63) is 40.9 Å². The van der Waals surface area contributed by atoms with Gasteiger partial charge in [0.25, 0.3) is 0 Å². The number of nitrogens with one attached hydrogen (secondary N) is 1. The third kappa shape index (κ3) is 7.13. The molecule has 37 heavy (non-hydrogen) atoms. The van der Waals surface area contributed by atoms with Gasteiger partial charge >= 0.3 is 12.1 Å². The first-order valence-electron chi connectivity index (χ1n) is 11.2. The topological polar surface area (TPSA) is 133 Å². The summed E-state index contributed by atoms with van der Waals surface area (Å²) in [5.41, 5.74) is -0.379. The lowest BCUT2D eigenvalue weighted by Gasteiger charge is -2.33. The Bertz CT molecular complexity index is 1370. The Kier molecular flexibility index (Phi) is 8.45. The number of carbonyl (C=O) groups is 1. The summed E-state index contributed by atoms with van der Waals surface area (Å²) in [6.07, 6.45) is 1.12. The number of nitrogens with zero attached hydrogens (tertiary/aromatic N) is 8. The van der Waals surface area contributed by atoms with E-state index in [4.69, 9.17) is 10.00 Å². The predicted octanol–water partition coefficient (Wildman–Crippen LogP) is 2.41. The summed E-state index contributed by atoms with van der Waals surface area (Å²) in [5.74, 6) is 4.91. The van der Waals surface area contributed by atoms with Crippen LogP contribution in [0.25, 0.3) is 0 Å². The fourth-order valence-electron chi connectivity index (χ4n) is 3.31. The average molecular weight is 526 g/mol. The van der Waals surface area contributed by atoms with Crippen LogP contribution in [0.1, 0.15) is 28.1 Å². The minimum absolute atomic E-state index is 0.0380. The molecule has 1 aliphatic rings. The Balaban J connectivity index is 1.38. The number of piperazine rings is 1. The predicted molar refractivity (Wildman–Crippen MR) is 131 cm³/mol. The number of carbonyl (C=O) groups excluding carboxylic acids is 1. The molecule has 0 aliphatic carbocycles. The Morgan fingerprint density at radius 3 is 2.70 bits per heavy atom. The van der Waals surface area contributed by atoms with Crippen LogP contribution in [-0.2, 0) is 0 Å². The summed E-state index contributed by atoms with van der Waals surface area (Å²) in [6, 6.07) is 3.94. The minimum atomic E-state index is -1.23. The third-order valence-corrected chi connectivity index (χ3v) is 6.08. The van der Waals surface area contributed by atoms with Crippen molar-refractivity contribution in [1.82, 2.24) is 29.8 Å². The molecular weight excluding hydrogens is 504 g/mol. The molecule has 190 valence electrons. The standard InChI is InChI=1S/C23H21F2N9O2S/c1-33-6-8-34(9-7-33)19-11-18(30-23-28-13-15(12-26)37-23)29-22(31-19)36-10-4-2-3-5-17(35)16-14-27-21(25)32-20(16)24/h11,13-14H,3,5-10H2,1H3,(H,28,29,30,31). The highest BCUT2D eigenvalue weighted by atomic mass is 32.1. The van der Waals surface area contributed by atoms with Crippen LogP contribution in [0.3, 0.4) is 0 Å². The number of thiazole rings is 1. The van der Waals surface area contributed by atoms with Crippen LogP contribution in [-0.4, -0.2) is 75.4 Å². The van der Waals surface area contributed by atoms with Gasteiger partial charge in [-0.2, -0.15) is 29.0 Å². The molecule has 1 N–H and O–H groups in total. The molecule has 1 fully saturated rings. The number of likely N-dealkylation sites (N-methyl/N-ethyl adjacent to an activating group) is 1. The molecular formula is C23H21F2N9O2S. The summed E-state index contributed by atoms with van der Waals surface area (Å²) < 4.78 is 32.0. The summed E-state index contributed by atoms with van der Waals surface area (Å²) in [4.78, 5) is 36.0. The molecule has 0 atom stereocenters. The van der Waals surface area contributed by atoms with E-state index in [0.29, 0.717) is 21.6 Å². The Hall–Kier alpha value is -4.27. The number of ketones is 1. The summed E-state index contributed by atoms with van der Waals surface area (Å²) in [7, 11) is 2.06. The average Bonchev–Trinajstić information content (AvgIpc) is 3.33. The van der Waals surface area contributed by atoms with E-state index in [1.807, 2.05) is 6.07 Å².